The Kier molecular flexibility index (Phi) is 8.86. The Balaban J connectivity index is 0.00000261. The Hall–Kier alpha value is -1.31. The summed E-state index contributed by atoms with van der Waals surface area (Å²) in [5, 5.41) is 7.05. The highest BCUT2D eigenvalue weighted by atomic mass is 127. The SMILES string of the molecule is CN(C)C(=O)CN=C(NCCCc1ccccc1)NC1CC2CCC1C2.I. The molecule has 2 aliphatic carbocycles. The molecule has 2 bridgehead atoms. The van der Waals surface area contributed by atoms with Crippen LogP contribution in [0.1, 0.15) is 37.7 Å². The molecule has 0 heterocycles. The monoisotopic (exact) mass is 484 g/mol. The fraction of sp³-hybridized carbons (Fsp3) is 0.619. The molecule has 3 rings (SSSR count). The van der Waals surface area contributed by atoms with Crippen molar-refractivity contribution in [1.82, 2.24) is 15.5 Å². The molecule has 0 aromatic heterocycles. The first-order valence-corrected chi connectivity index (χ1v) is 9.90. The van der Waals surface area contributed by atoms with E-state index in [2.05, 4.69) is 39.9 Å². The van der Waals surface area contributed by atoms with Crippen LogP contribution in [0.3, 0.4) is 0 Å². The fourth-order valence-corrected chi connectivity index (χ4v) is 4.18. The van der Waals surface area contributed by atoms with Crippen molar-refractivity contribution in [3.8, 4) is 0 Å². The molecule has 2 fully saturated rings. The van der Waals surface area contributed by atoms with Crippen molar-refractivity contribution in [3.05, 3.63) is 35.9 Å². The molecule has 0 aliphatic heterocycles. The maximum absolute atomic E-state index is 11.9. The molecule has 0 saturated heterocycles. The lowest BCUT2D eigenvalue weighted by atomic mass is 9.95. The van der Waals surface area contributed by atoms with Gasteiger partial charge in [-0.05, 0) is 49.5 Å². The number of hydrogen-bond donors (Lipinski definition) is 2. The molecule has 5 nitrogen and oxygen atoms in total. The third-order valence-electron chi connectivity index (χ3n) is 5.71. The number of aryl methyl sites for hydroxylation is 1. The standard InChI is InChI=1S/C21H32N4O.HI/c1-25(2)20(26)15-23-21(24-19-14-17-10-11-18(19)13-17)22-12-6-9-16-7-4-3-5-8-16;/h3-5,7-8,17-19H,6,9-15H2,1-2H3,(H2,22,23,24);1H. The molecule has 0 radical (unpaired) electrons. The number of amides is 1. The summed E-state index contributed by atoms with van der Waals surface area (Å²) < 4.78 is 0. The average Bonchev–Trinajstić information content (AvgIpc) is 3.26. The number of halogens is 1. The Labute approximate surface area is 180 Å². The topological polar surface area (TPSA) is 56.7 Å². The quantitative estimate of drug-likeness (QED) is 0.271. The summed E-state index contributed by atoms with van der Waals surface area (Å²) in [6.07, 6.45) is 7.42. The molecule has 3 unspecified atom stereocenters. The smallest absolute Gasteiger partial charge is 0.243 e. The van der Waals surface area contributed by atoms with Gasteiger partial charge >= 0.3 is 0 Å². The van der Waals surface area contributed by atoms with Gasteiger partial charge in [-0.3, -0.25) is 4.79 Å². The predicted octanol–water partition coefficient (Wildman–Crippen LogP) is 3.05. The van der Waals surface area contributed by atoms with Crippen LogP contribution in [0, 0.1) is 11.8 Å². The van der Waals surface area contributed by atoms with Gasteiger partial charge in [-0.25, -0.2) is 4.99 Å². The van der Waals surface area contributed by atoms with Crippen LogP contribution in [0.5, 0.6) is 0 Å². The number of carbonyl (C=O) groups excluding carboxylic acids is 1. The Morgan fingerprint density at radius 2 is 1.96 bits per heavy atom. The van der Waals surface area contributed by atoms with Crippen molar-refractivity contribution in [1.29, 1.82) is 0 Å². The van der Waals surface area contributed by atoms with Crippen LogP contribution in [0.15, 0.2) is 35.3 Å². The highest BCUT2D eigenvalue weighted by Crippen LogP contribution is 2.44. The Bertz CT molecular complexity index is 620. The number of fused-ring (bicyclic) bond motifs is 2. The Morgan fingerprint density at radius 1 is 1.19 bits per heavy atom. The minimum absolute atomic E-state index is 0. The van der Waals surface area contributed by atoms with Crippen molar-refractivity contribution in [3.63, 3.8) is 0 Å². The van der Waals surface area contributed by atoms with E-state index in [1.165, 1.54) is 31.2 Å². The fourth-order valence-electron chi connectivity index (χ4n) is 4.18. The van der Waals surface area contributed by atoms with E-state index in [4.69, 9.17) is 0 Å². The maximum Gasteiger partial charge on any atom is 0.243 e. The lowest BCUT2D eigenvalue weighted by molar-refractivity contribution is -0.127. The number of aliphatic imine (C=N–C) groups is 1. The summed E-state index contributed by atoms with van der Waals surface area (Å²) in [5.74, 6) is 2.50. The van der Waals surface area contributed by atoms with Crippen molar-refractivity contribution in [2.45, 2.75) is 44.6 Å². The number of rotatable bonds is 7. The van der Waals surface area contributed by atoms with E-state index in [0.29, 0.717) is 6.04 Å². The zero-order valence-corrected chi connectivity index (χ0v) is 18.8. The molecular weight excluding hydrogens is 451 g/mol. The van der Waals surface area contributed by atoms with Gasteiger partial charge in [-0.1, -0.05) is 36.8 Å². The summed E-state index contributed by atoms with van der Waals surface area (Å²) in [6, 6.07) is 11.1. The van der Waals surface area contributed by atoms with Gasteiger partial charge in [0.1, 0.15) is 6.54 Å². The highest BCUT2D eigenvalue weighted by molar-refractivity contribution is 14.0. The minimum Gasteiger partial charge on any atom is -0.356 e. The molecule has 2 N–H and O–H groups in total. The lowest BCUT2D eigenvalue weighted by Gasteiger charge is -2.25. The molecule has 2 saturated carbocycles. The zero-order chi connectivity index (χ0) is 18.4. The number of nitrogens with zero attached hydrogens (tertiary/aromatic N) is 2. The summed E-state index contributed by atoms with van der Waals surface area (Å²) >= 11 is 0. The van der Waals surface area contributed by atoms with Crippen molar-refractivity contribution < 1.29 is 4.79 Å². The van der Waals surface area contributed by atoms with Gasteiger partial charge < -0.3 is 15.5 Å². The van der Waals surface area contributed by atoms with Crippen LogP contribution in [-0.2, 0) is 11.2 Å². The van der Waals surface area contributed by atoms with E-state index in [1.54, 1.807) is 19.0 Å². The number of guanidine groups is 1. The first-order valence-electron chi connectivity index (χ1n) is 9.90. The molecule has 6 heteroatoms. The van der Waals surface area contributed by atoms with Gasteiger partial charge in [0.2, 0.25) is 5.91 Å². The summed E-state index contributed by atoms with van der Waals surface area (Å²) in [7, 11) is 3.54. The molecular formula is C21H33IN4O. The lowest BCUT2D eigenvalue weighted by Crippen LogP contribution is -2.46. The average molecular weight is 484 g/mol. The van der Waals surface area contributed by atoms with Gasteiger partial charge in [0.05, 0.1) is 0 Å². The summed E-state index contributed by atoms with van der Waals surface area (Å²) in [4.78, 5) is 18.0. The van der Waals surface area contributed by atoms with Gasteiger partial charge in [-0.2, -0.15) is 0 Å². The minimum atomic E-state index is 0. The van der Waals surface area contributed by atoms with E-state index in [0.717, 1.165) is 37.2 Å². The van der Waals surface area contributed by atoms with Crippen molar-refractivity contribution >= 4 is 35.8 Å². The number of nitrogens with one attached hydrogen (secondary N) is 2. The second-order valence-electron chi connectivity index (χ2n) is 7.89. The molecule has 1 aromatic carbocycles. The third kappa shape index (κ3) is 6.66. The largest absolute Gasteiger partial charge is 0.356 e. The molecule has 27 heavy (non-hydrogen) atoms. The first-order chi connectivity index (χ1) is 12.6. The number of benzene rings is 1. The summed E-state index contributed by atoms with van der Waals surface area (Å²) in [5.41, 5.74) is 1.36. The number of hydrogen-bond acceptors (Lipinski definition) is 2. The first kappa shape index (κ1) is 22.0. The van der Waals surface area contributed by atoms with Gasteiger partial charge in [0, 0.05) is 26.7 Å². The molecule has 1 amide bonds. The van der Waals surface area contributed by atoms with Gasteiger partial charge in [0.25, 0.3) is 0 Å². The zero-order valence-electron chi connectivity index (χ0n) is 16.5. The second kappa shape index (κ2) is 10.9. The van der Waals surface area contributed by atoms with Crippen molar-refractivity contribution in [2.75, 3.05) is 27.2 Å². The third-order valence-corrected chi connectivity index (χ3v) is 5.71. The van der Waals surface area contributed by atoms with Gasteiger partial charge in [0.15, 0.2) is 5.96 Å². The van der Waals surface area contributed by atoms with E-state index >= 15 is 0 Å². The van der Waals surface area contributed by atoms with E-state index in [1.807, 2.05) is 6.07 Å². The van der Waals surface area contributed by atoms with Crippen LogP contribution < -0.4 is 10.6 Å². The highest BCUT2D eigenvalue weighted by Gasteiger charge is 2.39. The van der Waals surface area contributed by atoms with E-state index in [9.17, 15) is 4.79 Å². The summed E-state index contributed by atoms with van der Waals surface area (Å²) in [6.45, 7) is 1.06. The molecule has 2 aliphatic rings. The molecule has 0 spiro atoms. The predicted molar refractivity (Wildman–Crippen MR) is 122 cm³/mol. The van der Waals surface area contributed by atoms with Crippen LogP contribution in [0.4, 0.5) is 0 Å². The Morgan fingerprint density at radius 3 is 2.59 bits per heavy atom. The second-order valence-corrected chi connectivity index (χ2v) is 7.89. The van der Waals surface area contributed by atoms with Crippen LogP contribution in [-0.4, -0.2) is 50.0 Å². The molecule has 150 valence electrons. The van der Waals surface area contributed by atoms with Gasteiger partial charge in [-0.15, -0.1) is 24.0 Å². The van der Waals surface area contributed by atoms with Crippen LogP contribution in [0.2, 0.25) is 0 Å². The van der Waals surface area contributed by atoms with Crippen LogP contribution in [0.25, 0.3) is 0 Å². The van der Waals surface area contributed by atoms with Crippen LogP contribution >= 0.6 is 24.0 Å². The normalized spacial score (nSPS) is 23.6. The van der Waals surface area contributed by atoms with E-state index in [-0.39, 0.29) is 36.4 Å². The van der Waals surface area contributed by atoms with Crippen molar-refractivity contribution in [2.24, 2.45) is 16.8 Å². The van der Waals surface area contributed by atoms with E-state index < -0.39 is 0 Å². The number of carbonyl (C=O) groups is 1. The molecule has 3 atom stereocenters. The maximum atomic E-state index is 11.9. The number of likely N-dealkylation sites (N-methyl/N-ethyl adjacent to an activating group) is 1. The molecule has 1 aromatic rings.